The first kappa shape index (κ1) is 19.1. The number of aryl methyl sites for hydroxylation is 1. The van der Waals surface area contributed by atoms with Gasteiger partial charge >= 0.3 is 0 Å². The van der Waals surface area contributed by atoms with Gasteiger partial charge in [-0.15, -0.1) is 0 Å². The third-order valence-electron chi connectivity index (χ3n) is 4.92. The van der Waals surface area contributed by atoms with Crippen LogP contribution in [0.4, 0.5) is 11.5 Å². The number of carbonyl (C=O) groups excluding carboxylic acids is 1. The van der Waals surface area contributed by atoms with Gasteiger partial charge in [-0.25, -0.2) is 0 Å². The van der Waals surface area contributed by atoms with Crippen LogP contribution in [-0.2, 0) is 7.05 Å². The van der Waals surface area contributed by atoms with Gasteiger partial charge < -0.3 is 9.88 Å². The number of fused-ring (bicyclic) bond motifs is 1. The van der Waals surface area contributed by atoms with E-state index < -0.39 is 10.8 Å². The summed E-state index contributed by atoms with van der Waals surface area (Å²) in [7, 11) is 1.76. The van der Waals surface area contributed by atoms with Crippen molar-refractivity contribution in [2.75, 3.05) is 5.32 Å². The minimum atomic E-state index is -0.558. The second kappa shape index (κ2) is 7.63. The molecule has 0 spiro atoms. The summed E-state index contributed by atoms with van der Waals surface area (Å²) in [5, 5.41) is 14.4. The number of nitro groups is 1. The maximum absolute atomic E-state index is 13.3. The van der Waals surface area contributed by atoms with Crippen molar-refractivity contribution in [1.82, 2.24) is 4.57 Å². The Hall–Kier alpha value is -4.26. The summed E-state index contributed by atoms with van der Waals surface area (Å²) in [6.07, 6.45) is 0. The Morgan fingerprint density at radius 2 is 1.67 bits per heavy atom. The fourth-order valence-corrected chi connectivity index (χ4v) is 3.45. The fraction of sp³-hybridized carbons (Fsp3) is 0.0435. The first-order valence-corrected chi connectivity index (χ1v) is 9.20. The van der Waals surface area contributed by atoms with Crippen LogP contribution in [-0.4, -0.2) is 15.4 Å². The first-order valence-electron chi connectivity index (χ1n) is 9.20. The Bertz CT molecular complexity index is 1340. The van der Waals surface area contributed by atoms with Crippen molar-refractivity contribution in [2.45, 2.75) is 0 Å². The Balaban J connectivity index is 1.91. The molecule has 4 aromatic rings. The molecule has 0 saturated heterocycles. The Morgan fingerprint density at radius 3 is 2.40 bits per heavy atom. The third kappa shape index (κ3) is 3.33. The fourth-order valence-electron chi connectivity index (χ4n) is 3.45. The molecule has 4 rings (SSSR count). The van der Waals surface area contributed by atoms with Crippen LogP contribution in [0, 0.1) is 10.1 Å². The molecule has 3 aromatic carbocycles. The molecule has 30 heavy (non-hydrogen) atoms. The number of rotatable bonds is 4. The highest BCUT2D eigenvalue weighted by atomic mass is 16.6. The molecule has 1 aromatic heterocycles. The number of anilines is 1. The van der Waals surface area contributed by atoms with Crippen LogP contribution >= 0.6 is 0 Å². The predicted molar refractivity (Wildman–Crippen MR) is 116 cm³/mol. The van der Waals surface area contributed by atoms with E-state index in [1.165, 1.54) is 24.3 Å². The lowest BCUT2D eigenvalue weighted by Gasteiger charge is -2.18. The van der Waals surface area contributed by atoms with Crippen LogP contribution in [0.3, 0.4) is 0 Å². The van der Waals surface area contributed by atoms with Gasteiger partial charge in [-0.3, -0.25) is 19.7 Å². The number of amides is 1. The van der Waals surface area contributed by atoms with Crippen molar-refractivity contribution in [2.24, 2.45) is 7.05 Å². The van der Waals surface area contributed by atoms with Gasteiger partial charge in [-0.1, -0.05) is 48.5 Å². The summed E-state index contributed by atoms with van der Waals surface area (Å²) in [6.45, 7) is 0. The molecule has 0 unspecified atom stereocenters. The molecule has 0 radical (unpaired) electrons. The number of para-hydroxylation sites is 1. The second-order valence-electron chi connectivity index (χ2n) is 6.76. The molecule has 7 nitrogen and oxygen atoms in total. The van der Waals surface area contributed by atoms with Crippen LogP contribution in [0.25, 0.3) is 22.0 Å². The number of carbonyl (C=O) groups is 1. The molecule has 0 aliphatic rings. The van der Waals surface area contributed by atoms with Gasteiger partial charge in [-0.2, -0.15) is 0 Å². The van der Waals surface area contributed by atoms with Gasteiger partial charge in [0.1, 0.15) is 5.82 Å². The molecule has 1 N–H and O–H groups in total. The van der Waals surface area contributed by atoms with Crippen LogP contribution in [0.15, 0.2) is 83.7 Å². The summed E-state index contributed by atoms with van der Waals surface area (Å²) >= 11 is 0. The summed E-state index contributed by atoms with van der Waals surface area (Å²) < 4.78 is 1.74. The summed E-state index contributed by atoms with van der Waals surface area (Å²) in [6, 6.07) is 21.7. The standard InChI is InChI=1S/C23H17N3O4/c1-25-19-13-6-5-12-18(19)21(27)20(15-8-3-2-4-9-15)22(25)24-23(28)16-10-7-11-17(14-16)26(29)30/h2-14H,1H3,(H,24,28). The zero-order chi connectivity index (χ0) is 21.3. The number of nitrogens with zero attached hydrogens (tertiary/aromatic N) is 2. The second-order valence-corrected chi connectivity index (χ2v) is 6.76. The van der Waals surface area contributed by atoms with Crippen molar-refractivity contribution in [3.8, 4) is 11.1 Å². The van der Waals surface area contributed by atoms with Crippen LogP contribution in [0.5, 0.6) is 0 Å². The summed E-state index contributed by atoms with van der Waals surface area (Å²) in [4.78, 5) is 36.7. The highest BCUT2D eigenvalue weighted by Gasteiger charge is 2.20. The van der Waals surface area contributed by atoms with Crippen molar-refractivity contribution in [3.63, 3.8) is 0 Å². The number of benzene rings is 3. The molecule has 0 atom stereocenters. The average molecular weight is 399 g/mol. The quantitative estimate of drug-likeness (QED) is 0.407. The van der Waals surface area contributed by atoms with Crippen molar-refractivity contribution in [3.05, 3.63) is 105 Å². The highest BCUT2D eigenvalue weighted by Crippen LogP contribution is 2.28. The van der Waals surface area contributed by atoms with E-state index >= 15 is 0 Å². The molecule has 0 aliphatic heterocycles. The number of hydrogen-bond acceptors (Lipinski definition) is 4. The maximum Gasteiger partial charge on any atom is 0.270 e. The van der Waals surface area contributed by atoms with Gasteiger partial charge in [0, 0.05) is 30.1 Å². The number of nitro benzene ring substituents is 1. The molecule has 1 heterocycles. The number of nitrogens with one attached hydrogen (secondary N) is 1. The maximum atomic E-state index is 13.3. The third-order valence-corrected chi connectivity index (χ3v) is 4.92. The van der Waals surface area contributed by atoms with E-state index in [1.54, 1.807) is 41.9 Å². The van der Waals surface area contributed by atoms with E-state index in [0.717, 1.165) is 0 Å². The number of hydrogen-bond donors (Lipinski definition) is 1. The monoisotopic (exact) mass is 399 g/mol. The van der Waals surface area contributed by atoms with E-state index in [9.17, 15) is 19.7 Å². The Kier molecular flexibility index (Phi) is 4.85. The van der Waals surface area contributed by atoms with Gasteiger partial charge in [0.2, 0.25) is 0 Å². The average Bonchev–Trinajstić information content (AvgIpc) is 2.78. The molecule has 0 bridgehead atoms. The van der Waals surface area contributed by atoms with E-state index in [2.05, 4.69) is 5.32 Å². The summed E-state index contributed by atoms with van der Waals surface area (Å²) in [5.74, 6) is -0.220. The van der Waals surface area contributed by atoms with Gasteiger partial charge in [0.15, 0.2) is 5.43 Å². The lowest BCUT2D eigenvalue weighted by molar-refractivity contribution is -0.384. The molecular weight excluding hydrogens is 382 g/mol. The first-order chi connectivity index (χ1) is 14.5. The topological polar surface area (TPSA) is 94.2 Å². The summed E-state index contributed by atoms with van der Waals surface area (Å²) in [5.41, 5.74) is 1.43. The van der Waals surface area contributed by atoms with Gasteiger partial charge in [0.05, 0.1) is 16.0 Å². The smallest absolute Gasteiger partial charge is 0.270 e. The van der Waals surface area contributed by atoms with Crippen molar-refractivity contribution in [1.29, 1.82) is 0 Å². The van der Waals surface area contributed by atoms with Crippen LogP contribution in [0.2, 0.25) is 0 Å². The number of aromatic nitrogens is 1. The van der Waals surface area contributed by atoms with Crippen molar-refractivity contribution >= 4 is 28.3 Å². The lowest BCUT2D eigenvalue weighted by atomic mass is 10.0. The molecule has 1 amide bonds. The predicted octanol–water partition coefficient (Wildman–Crippen LogP) is 4.37. The zero-order valence-electron chi connectivity index (χ0n) is 16.0. The molecule has 0 fully saturated rings. The molecule has 0 saturated carbocycles. The Labute approximate surface area is 171 Å². The van der Waals surface area contributed by atoms with E-state index in [0.29, 0.717) is 27.8 Å². The van der Waals surface area contributed by atoms with Gasteiger partial charge in [-0.05, 0) is 23.8 Å². The van der Waals surface area contributed by atoms with E-state index in [1.807, 2.05) is 24.3 Å². The number of non-ortho nitro benzene ring substituents is 1. The van der Waals surface area contributed by atoms with Crippen LogP contribution < -0.4 is 10.7 Å². The van der Waals surface area contributed by atoms with Crippen LogP contribution in [0.1, 0.15) is 10.4 Å². The normalized spacial score (nSPS) is 10.7. The number of pyridine rings is 1. The zero-order valence-corrected chi connectivity index (χ0v) is 16.0. The minimum Gasteiger partial charge on any atom is -0.330 e. The van der Waals surface area contributed by atoms with Gasteiger partial charge in [0.25, 0.3) is 11.6 Å². The molecule has 148 valence electrons. The lowest BCUT2D eigenvalue weighted by Crippen LogP contribution is -2.21. The van der Waals surface area contributed by atoms with Crippen molar-refractivity contribution < 1.29 is 9.72 Å². The molecule has 7 heteroatoms. The minimum absolute atomic E-state index is 0.129. The Morgan fingerprint density at radius 1 is 0.967 bits per heavy atom. The van der Waals surface area contributed by atoms with E-state index in [-0.39, 0.29) is 16.7 Å². The largest absolute Gasteiger partial charge is 0.330 e. The molecule has 0 aliphatic carbocycles. The molecular formula is C23H17N3O4. The van der Waals surface area contributed by atoms with E-state index in [4.69, 9.17) is 0 Å². The highest BCUT2D eigenvalue weighted by molar-refractivity contribution is 6.07. The SMILES string of the molecule is Cn1c(NC(=O)c2cccc([N+](=O)[O-])c2)c(-c2ccccc2)c(=O)c2ccccc21.